The van der Waals surface area contributed by atoms with Crippen LogP contribution in [0.3, 0.4) is 0 Å². The molecule has 6 heteroatoms. The second kappa shape index (κ2) is 13.7. The van der Waals surface area contributed by atoms with E-state index in [1.54, 1.807) is 13.8 Å². The van der Waals surface area contributed by atoms with Gasteiger partial charge in [0.15, 0.2) is 12.2 Å². The Bertz CT molecular complexity index is 1010. The zero-order valence-corrected chi connectivity index (χ0v) is 21.9. The van der Waals surface area contributed by atoms with Gasteiger partial charge in [0.25, 0.3) is 0 Å². The van der Waals surface area contributed by atoms with Crippen molar-refractivity contribution in [2.45, 2.75) is 78.4 Å². The minimum absolute atomic E-state index is 0.298. The third-order valence-electron chi connectivity index (χ3n) is 6.09. The first kappa shape index (κ1) is 27.3. The van der Waals surface area contributed by atoms with Gasteiger partial charge in [0, 0.05) is 21.5 Å². The molecule has 3 aromatic carbocycles. The van der Waals surface area contributed by atoms with E-state index in [4.69, 9.17) is 18.9 Å². The number of unbranched alkanes of at least 4 members (excludes halogenated alkanes) is 2. The van der Waals surface area contributed by atoms with Crippen LogP contribution in [-0.4, -0.2) is 37.4 Å². The first-order valence-electron chi connectivity index (χ1n) is 13.2. The number of carbonyl (C=O) groups excluding carboxylic acids is 2. The molecule has 3 rings (SSSR count). The van der Waals surface area contributed by atoms with Gasteiger partial charge in [-0.15, -0.1) is 0 Å². The van der Waals surface area contributed by atoms with Crippen molar-refractivity contribution >= 4 is 33.5 Å². The smallest absolute Gasteiger partial charge is 0.347 e. The van der Waals surface area contributed by atoms with Crippen LogP contribution in [0.4, 0.5) is 0 Å². The van der Waals surface area contributed by atoms with Gasteiger partial charge in [-0.1, -0.05) is 75.2 Å². The number of carbonyl (C=O) groups is 2. The van der Waals surface area contributed by atoms with Crippen LogP contribution >= 0.6 is 0 Å². The zero-order valence-electron chi connectivity index (χ0n) is 21.9. The third-order valence-corrected chi connectivity index (χ3v) is 6.09. The lowest BCUT2D eigenvalue weighted by atomic mass is 10.00. The fraction of sp³-hybridized carbons (Fsp3) is 0.467. The average Bonchev–Trinajstić information content (AvgIpc) is 2.89. The number of hydrogen-bond donors (Lipinski definition) is 0. The van der Waals surface area contributed by atoms with Crippen LogP contribution in [0.15, 0.2) is 48.5 Å². The quantitative estimate of drug-likeness (QED) is 0.178. The topological polar surface area (TPSA) is 71.1 Å². The predicted molar refractivity (Wildman–Crippen MR) is 143 cm³/mol. The summed E-state index contributed by atoms with van der Waals surface area (Å²) in [5, 5.41) is 3.26. The largest absolute Gasteiger partial charge is 0.477 e. The number of ether oxygens (including phenoxy) is 4. The second-order valence-electron chi connectivity index (χ2n) is 8.75. The molecule has 0 saturated carbocycles. The lowest BCUT2D eigenvalue weighted by Crippen LogP contribution is -2.30. The molecule has 0 amide bonds. The van der Waals surface area contributed by atoms with Gasteiger partial charge in [-0.05, 0) is 39.5 Å². The van der Waals surface area contributed by atoms with Gasteiger partial charge < -0.3 is 18.9 Å². The summed E-state index contributed by atoms with van der Waals surface area (Å²) in [5.41, 5.74) is 0. The molecule has 0 N–H and O–H groups in total. The van der Waals surface area contributed by atoms with Crippen molar-refractivity contribution in [2.24, 2.45) is 0 Å². The molecule has 6 nitrogen and oxygen atoms in total. The molecule has 0 aromatic heterocycles. The zero-order chi connectivity index (χ0) is 25.9. The molecule has 0 fully saturated rings. The van der Waals surface area contributed by atoms with Gasteiger partial charge in [0.05, 0.1) is 13.2 Å². The van der Waals surface area contributed by atoms with Gasteiger partial charge in [-0.3, -0.25) is 0 Å². The van der Waals surface area contributed by atoms with Crippen molar-refractivity contribution in [3.63, 3.8) is 0 Å². The summed E-state index contributed by atoms with van der Waals surface area (Å²) in [6.45, 7) is 8.35. The van der Waals surface area contributed by atoms with E-state index in [0.717, 1.165) is 47.2 Å². The van der Waals surface area contributed by atoms with Crippen molar-refractivity contribution in [3.05, 3.63) is 48.5 Å². The van der Waals surface area contributed by atoms with Crippen LogP contribution in [0.2, 0.25) is 0 Å². The van der Waals surface area contributed by atoms with Gasteiger partial charge in [0.1, 0.15) is 11.5 Å². The summed E-state index contributed by atoms with van der Waals surface area (Å²) in [7, 11) is 0. The minimum Gasteiger partial charge on any atom is -0.477 e. The normalized spacial score (nSPS) is 12.8. The van der Waals surface area contributed by atoms with Crippen molar-refractivity contribution in [1.29, 1.82) is 0 Å². The molecule has 0 heterocycles. The molecular formula is C30H38O6. The maximum absolute atomic E-state index is 12.8. The SMILES string of the molecule is CCCCC(Oc1c2ccccc2c(OC(CCCC)C(=O)OCC)c2ccccc12)C(=O)OCC. The van der Waals surface area contributed by atoms with Crippen LogP contribution in [-0.2, 0) is 19.1 Å². The summed E-state index contributed by atoms with van der Waals surface area (Å²) in [6, 6.07) is 15.5. The number of esters is 2. The monoisotopic (exact) mass is 494 g/mol. The van der Waals surface area contributed by atoms with Crippen molar-refractivity contribution in [3.8, 4) is 11.5 Å². The van der Waals surface area contributed by atoms with E-state index in [1.165, 1.54) is 0 Å². The van der Waals surface area contributed by atoms with Crippen molar-refractivity contribution in [2.75, 3.05) is 13.2 Å². The van der Waals surface area contributed by atoms with E-state index in [9.17, 15) is 9.59 Å². The molecule has 0 radical (unpaired) electrons. The lowest BCUT2D eigenvalue weighted by molar-refractivity contribution is -0.152. The molecular weight excluding hydrogens is 456 g/mol. The summed E-state index contributed by atoms with van der Waals surface area (Å²) < 4.78 is 23.5. The first-order chi connectivity index (χ1) is 17.5. The Morgan fingerprint density at radius 2 is 0.944 bits per heavy atom. The molecule has 36 heavy (non-hydrogen) atoms. The van der Waals surface area contributed by atoms with Crippen LogP contribution in [0.5, 0.6) is 11.5 Å². The van der Waals surface area contributed by atoms with Gasteiger partial charge in [0.2, 0.25) is 0 Å². The number of rotatable bonds is 14. The van der Waals surface area contributed by atoms with Gasteiger partial charge >= 0.3 is 11.9 Å². The second-order valence-corrected chi connectivity index (χ2v) is 8.75. The van der Waals surface area contributed by atoms with Gasteiger partial charge in [-0.2, -0.15) is 0 Å². The van der Waals surface area contributed by atoms with Crippen LogP contribution in [0, 0.1) is 0 Å². The lowest BCUT2D eigenvalue weighted by Gasteiger charge is -2.24. The molecule has 0 bridgehead atoms. The Kier molecular flexibility index (Phi) is 10.4. The molecule has 0 aliphatic rings. The highest BCUT2D eigenvalue weighted by atomic mass is 16.6. The molecule has 2 unspecified atom stereocenters. The molecule has 194 valence electrons. The Balaban J connectivity index is 2.15. The third kappa shape index (κ3) is 6.48. The van der Waals surface area contributed by atoms with Crippen molar-refractivity contribution in [1.82, 2.24) is 0 Å². The molecule has 2 atom stereocenters. The van der Waals surface area contributed by atoms with E-state index in [2.05, 4.69) is 13.8 Å². The van der Waals surface area contributed by atoms with E-state index in [0.29, 0.717) is 37.6 Å². The summed E-state index contributed by atoms with van der Waals surface area (Å²) >= 11 is 0. The van der Waals surface area contributed by atoms with Gasteiger partial charge in [-0.25, -0.2) is 9.59 Å². The Labute approximate surface area is 213 Å². The van der Waals surface area contributed by atoms with E-state index < -0.39 is 12.2 Å². The van der Waals surface area contributed by atoms with Crippen LogP contribution < -0.4 is 9.47 Å². The van der Waals surface area contributed by atoms with E-state index in [1.807, 2.05) is 48.5 Å². The molecule has 0 aliphatic carbocycles. The van der Waals surface area contributed by atoms with Crippen LogP contribution in [0.25, 0.3) is 21.5 Å². The fourth-order valence-electron chi connectivity index (χ4n) is 4.29. The highest BCUT2D eigenvalue weighted by molar-refractivity contribution is 6.11. The van der Waals surface area contributed by atoms with Crippen molar-refractivity contribution < 1.29 is 28.5 Å². The number of benzene rings is 3. The molecule has 0 aliphatic heterocycles. The highest BCUT2D eigenvalue weighted by Gasteiger charge is 2.27. The maximum atomic E-state index is 12.8. The molecule has 3 aromatic rings. The standard InChI is InChI=1S/C30H38O6/c1-5-9-19-25(29(31)33-7-3)35-27-21-15-11-13-17-23(21)28(24-18-14-12-16-22(24)27)36-26(20-10-6-2)30(32)34-8-4/h11-18,25-26H,5-10,19-20H2,1-4H3. The average molecular weight is 495 g/mol. The number of hydrogen-bond acceptors (Lipinski definition) is 6. The first-order valence-corrected chi connectivity index (χ1v) is 13.2. The summed E-state index contributed by atoms with van der Waals surface area (Å²) in [4.78, 5) is 25.5. The Morgan fingerprint density at radius 3 is 1.22 bits per heavy atom. The summed E-state index contributed by atoms with van der Waals surface area (Å²) in [6.07, 6.45) is 3.30. The van der Waals surface area contributed by atoms with E-state index in [-0.39, 0.29) is 11.9 Å². The molecule has 0 spiro atoms. The summed E-state index contributed by atoms with van der Waals surface area (Å²) in [5.74, 6) is 0.510. The minimum atomic E-state index is -0.708. The fourth-order valence-corrected chi connectivity index (χ4v) is 4.29. The maximum Gasteiger partial charge on any atom is 0.347 e. The highest BCUT2D eigenvalue weighted by Crippen LogP contribution is 2.44. The number of fused-ring (bicyclic) bond motifs is 2. The van der Waals surface area contributed by atoms with Crippen LogP contribution in [0.1, 0.15) is 66.2 Å². The predicted octanol–water partition coefficient (Wildman–Crippen LogP) is 6.99. The van der Waals surface area contributed by atoms with E-state index >= 15 is 0 Å². The molecule has 0 saturated heterocycles. The Hall–Kier alpha value is -3.28. The Morgan fingerprint density at radius 1 is 0.611 bits per heavy atom.